The first-order valence-electron chi connectivity index (χ1n) is 7.34. The third-order valence-corrected chi connectivity index (χ3v) is 3.53. The minimum Gasteiger partial charge on any atom is -0.390 e. The van der Waals surface area contributed by atoms with E-state index in [1.54, 1.807) is 0 Å². The van der Waals surface area contributed by atoms with Gasteiger partial charge in [-0.2, -0.15) is 0 Å². The van der Waals surface area contributed by atoms with E-state index in [0.717, 1.165) is 0 Å². The van der Waals surface area contributed by atoms with Gasteiger partial charge >= 0.3 is 5.69 Å². The van der Waals surface area contributed by atoms with E-state index in [9.17, 15) is 19.5 Å². The number of carbonyl (C=O) groups excluding carboxylic acids is 1. The van der Waals surface area contributed by atoms with Crippen LogP contribution in [0.4, 0.5) is 0 Å². The summed E-state index contributed by atoms with van der Waals surface area (Å²) in [6, 6.07) is 0. The molecule has 1 aromatic heterocycles. The molecular formula is C15H19N3O5. The van der Waals surface area contributed by atoms with Crippen LogP contribution in [0, 0.1) is 11.8 Å². The van der Waals surface area contributed by atoms with Crippen molar-refractivity contribution >= 4 is 5.91 Å². The zero-order chi connectivity index (χ0) is 17.0. The Morgan fingerprint density at radius 1 is 1.57 bits per heavy atom. The largest absolute Gasteiger partial charge is 0.390 e. The van der Waals surface area contributed by atoms with Crippen molar-refractivity contribution in [3.63, 3.8) is 0 Å². The number of carbonyl (C=O) groups is 1. The maximum Gasteiger partial charge on any atom is 0.330 e. The molecule has 1 saturated heterocycles. The number of amides is 1. The number of aliphatic hydroxyl groups is 1. The van der Waals surface area contributed by atoms with Crippen LogP contribution in [-0.2, 0) is 9.53 Å². The Balaban J connectivity index is 2.25. The Labute approximate surface area is 132 Å². The Bertz CT molecular complexity index is 755. The monoisotopic (exact) mass is 321 g/mol. The van der Waals surface area contributed by atoms with Crippen molar-refractivity contribution in [2.24, 2.45) is 0 Å². The first-order valence-corrected chi connectivity index (χ1v) is 7.34. The van der Waals surface area contributed by atoms with Gasteiger partial charge in [0.1, 0.15) is 11.8 Å². The van der Waals surface area contributed by atoms with Crippen LogP contribution in [0.15, 0.2) is 15.8 Å². The topological polar surface area (TPSA) is 113 Å². The third-order valence-electron chi connectivity index (χ3n) is 3.53. The van der Waals surface area contributed by atoms with Crippen molar-refractivity contribution in [2.75, 3.05) is 6.54 Å². The second-order valence-electron chi connectivity index (χ2n) is 5.26. The van der Waals surface area contributed by atoms with Crippen molar-refractivity contribution in [1.82, 2.24) is 14.9 Å². The molecule has 0 spiro atoms. The molecule has 23 heavy (non-hydrogen) atoms. The third kappa shape index (κ3) is 4.09. The van der Waals surface area contributed by atoms with Crippen molar-refractivity contribution in [1.29, 1.82) is 0 Å². The van der Waals surface area contributed by atoms with E-state index in [4.69, 9.17) is 4.74 Å². The van der Waals surface area contributed by atoms with Gasteiger partial charge in [-0.05, 0) is 6.42 Å². The lowest BCUT2D eigenvalue weighted by Gasteiger charge is -2.14. The molecule has 0 saturated carbocycles. The van der Waals surface area contributed by atoms with E-state index in [-0.39, 0.29) is 30.5 Å². The highest BCUT2D eigenvalue weighted by Gasteiger charge is 2.34. The number of aliphatic hydroxyl groups excluding tert-OH is 1. The van der Waals surface area contributed by atoms with E-state index in [1.807, 2.05) is 6.92 Å². The van der Waals surface area contributed by atoms with Gasteiger partial charge in [-0.1, -0.05) is 18.8 Å². The molecule has 2 heterocycles. The average molecular weight is 321 g/mol. The molecule has 124 valence electrons. The zero-order valence-corrected chi connectivity index (χ0v) is 13.0. The molecule has 0 bridgehead atoms. The number of ether oxygens (including phenoxy) is 1. The van der Waals surface area contributed by atoms with Crippen LogP contribution >= 0.6 is 0 Å². The fourth-order valence-electron chi connectivity index (χ4n) is 2.35. The predicted octanol–water partition coefficient (Wildman–Crippen LogP) is -0.917. The first kappa shape index (κ1) is 17.0. The summed E-state index contributed by atoms with van der Waals surface area (Å²) >= 11 is 0. The van der Waals surface area contributed by atoms with Gasteiger partial charge in [0.15, 0.2) is 0 Å². The fraction of sp³-hybridized carbons (Fsp3) is 0.533. The molecule has 3 atom stereocenters. The SMILES string of the molecule is CC[C@H]1O[C@@H](n2cc(C#CCNC(C)=O)c(=O)[nH]c2=O)CC1O. The van der Waals surface area contributed by atoms with Gasteiger partial charge in [-0.25, -0.2) is 4.79 Å². The summed E-state index contributed by atoms with van der Waals surface area (Å²) in [4.78, 5) is 36.6. The van der Waals surface area contributed by atoms with Crippen LogP contribution in [0.5, 0.6) is 0 Å². The molecule has 0 aliphatic carbocycles. The molecule has 0 aromatic carbocycles. The summed E-state index contributed by atoms with van der Waals surface area (Å²) < 4.78 is 6.85. The van der Waals surface area contributed by atoms with Crippen molar-refractivity contribution in [3.8, 4) is 11.8 Å². The van der Waals surface area contributed by atoms with Crippen molar-refractivity contribution in [3.05, 3.63) is 32.6 Å². The van der Waals surface area contributed by atoms with E-state index in [0.29, 0.717) is 6.42 Å². The molecule has 8 heteroatoms. The fourth-order valence-corrected chi connectivity index (χ4v) is 2.35. The summed E-state index contributed by atoms with van der Waals surface area (Å²) in [5.74, 6) is 5.02. The quantitative estimate of drug-likeness (QED) is 0.623. The highest BCUT2D eigenvalue weighted by atomic mass is 16.5. The standard InChI is InChI=1S/C15H19N3O5/c1-3-12-11(20)7-13(23-12)18-8-10(14(21)17-15(18)22)5-4-6-16-9(2)19/h8,11-13,20H,3,6-7H2,1-2H3,(H,16,19)(H,17,21,22)/t11?,12-,13-/m1/s1. The van der Waals surface area contributed by atoms with Gasteiger partial charge in [0.05, 0.1) is 18.8 Å². The second-order valence-corrected chi connectivity index (χ2v) is 5.26. The van der Waals surface area contributed by atoms with Gasteiger partial charge in [0.25, 0.3) is 5.56 Å². The van der Waals surface area contributed by atoms with Gasteiger partial charge < -0.3 is 15.2 Å². The Morgan fingerprint density at radius 3 is 2.91 bits per heavy atom. The second kappa shape index (κ2) is 7.26. The van der Waals surface area contributed by atoms with E-state index >= 15 is 0 Å². The lowest BCUT2D eigenvalue weighted by molar-refractivity contribution is -0.118. The summed E-state index contributed by atoms with van der Waals surface area (Å²) in [5, 5.41) is 12.4. The van der Waals surface area contributed by atoms with Gasteiger partial charge in [0, 0.05) is 19.5 Å². The number of nitrogens with zero attached hydrogens (tertiary/aromatic N) is 1. The molecule has 0 radical (unpaired) electrons. The van der Waals surface area contributed by atoms with Crippen LogP contribution in [0.25, 0.3) is 0 Å². The minimum atomic E-state index is -0.655. The highest BCUT2D eigenvalue weighted by Crippen LogP contribution is 2.28. The molecule has 1 amide bonds. The number of nitrogens with one attached hydrogen (secondary N) is 2. The van der Waals surface area contributed by atoms with Crippen LogP contribution in [0.3, 0.4) is 0 Å². The normalized spacial score (nSPS) is 23.2. The maximum atomic E-state index is 11.9. The van der Waals surface area contributed by atoms with Gasteiger partial charge in [-0.15, -0.1) is 0 Å². The van der Waals surface area contributed by atoms with Crippen LogP contribution in [0.1, 0.15) is 38.5 Å². The number of rotatable bonds is 3. The van der Waals surface area contributed by atoms with Crippen molar-refractivity contribution < 1.29 is 14.6 Å². The lowest BCUT2D eigenvalue weighted by atomic mass is 10.1. The molecule has 1 unspecified atom stereocenters. The van der Waals surface area contributed by atoms with E-state index < -0.39 is 23.6 Å². The summed E-state index contributed by atoms with van der Waals surface area (Å²) in [5.41, 5.74) is -1.13. The molecule has 2 rings (SSSR count). The van der Waals surface area contributed by atoms with Gasteiger partial charge in [0.2, 0.25) is 5.91 Å². The molecule has 1 aliphatic rings. The van der Waals surface area contributed by atoms with E-state index in [1.165, 1.54) is 17.7 Å². The highest BCUT2D eigenvalue weighted by molar-refractivity contribution is 5.73. The summed E-state index contributed by atoms with van der Waals surface area (Å²) in [7, 11) is 0. The molecular weight excluding hydrogens is 302 g/mol. The van der Waals surface area contributed by atoms with Crippen LogP contribution in [0.2, 0.25) is 0 Å². The van der Waals surface area contributed by atoms with Crippen molar-refractivity contribution in [2.45, 2.75) is 45.1 Å². The molecule has 1 fully saturated rings. The predicted molar refractivity (Wildman–Crippen MR) is 81.7 cm³/mol. The number of aromatic amines is 1. The molecule has 1 aromatic rings. The van der Waals surface area contributed by atoms with Crippen LogP contribution in [-0.4, -0.2) is 39.3 Å². The number of H-pyrrole nitrogens is 1. The molecule has 1 aliphatic heterocycles. The molecule has 8 nitrogen and oxygen atoms in total. The lowest BCUT2D eigenvalue weighted by Crippen LogP contribution is -2.33. The van der Waals surface area contributed by atoms with Crippen LogP contribution < -0.4 is 16.6 Å². The average Bonchev–Trinajstić information content (AvgIpc) is 2.86. The smallest absolute Gasteiger partial charge is 0.330 e. The Kier molecular flexibility index (Phi) is 5.36. The number of hydrogen-bond donors (Lipinski definition) is 3. The Hall–Kier alpha value is -2.37. The summed E-state index contributed by atoms with van der Waals surface area (Å²) in [6.07, 6.45) is 0.571. The summed E-state index contributed by atoms with van der Waals surface area (Å²) in [6.45, 7) is 3.34. The maximum absolute atomic E-state index is 11.9. The zero-order valence-electron chi connectivity index (χ0n) is 13.0. The first-order chi connectivity index (χ1) is 10.9. The van der Waals surface area contributed by atoms with E-state index in [2.05, 4.69) is 22.1 Å². The number of aromatic nitrogens is 2. The minimum absolute atomic E-state index is 0.0907. The van der Waals surface area contributed by atoms with Gasteiger partial charge in [-0.3, -0.25) is 19.1 Å². The molecule has 3 N–H and O–H groups in total. The number of hydrogen-bond acceptors (Lipinski definition) is 5. The Morgan fingerprint density at radius 2 is 2.30 bits per heavy atom.